The van der Waals surface area contributed by atoms with E-state index in [1.165, 1.54) is 19.3 Å². The van der Waals surface area contributed by atoms with Crippen LogP contribution in [0, 0.1) is 17.8 Å². The van der Waals surface area contributed by atoms with E-state index in [0.717, 1.165) is 24.8 Å². The molecule has 1 aromatic carbocycles. The van der Waals surface area contributed by atoms with Crippen LogP contribution in [0.25, 0.3) is 0 Å². The maximum Gasteiger partial charge on any atom is 0.223 e. The normalized spacial score (nSPS) is 36.2. The zero-order chi connectivity index (χ0) is 17.4. The van der Waals surface area contributed by atoms with Crippen molar-refractivity contribution in [1.82, 2.24) is 5.32 Å². The molecule has 0 aromatic heterocycles. The Kier molecular flexibility index (Phi) is 6.50. The van der Waals surface area contributed by atoms with Gasteiger partial charge in [0.25, 0.3) is 0 Å². The van der Waals surface area contributed by atoms with Crippen molar-refractivity contribution in [1.29, 1.82) is 0 Å². The Balaban J connectivity index is 0.00000196. The first-order chi connectivity index (χ1) is 12.1. The number of nitrogens with one attached hydrogen (secondary N) is 1. The highest BCUT2D eigenvalue weighted by molar-refractivity contribution is 6.30. The topological polar surface area (TPSA) is 64.4 Å². The van der Waals surface area contributed by atoms with Gasteiger partial charge in [-0.05, 0) is 61.6 Å². The number of ether oxygens (including phenoxy) is 1. The first-order valence-electron chi connectivity index (χ1n) is 9.55. The van der Waals surface area contributed by atoms with Gasteiger partial charge in [-0.3, -0.25) is 4.79 Å². The van der Waals surface area contributed by atoms with E-state index < -0.39 is 0 Å². The third kappa shape index (κ3) is 4.04. The summed E-state index contributed by atoms with van der Waals surface area (Å²) in [6, 6.07) is 8.07. The molecule has 4 atom stereocenters. The molecule has 6 heteroatoms. The summed E-state index contributed by atoms with van der Waals surface area (Å²) in [5, 5.41) is 3.99. The van der Waals surface area contributed by atoms with Crippen molar-refractivity contribution in [3.8, 4) is 0 Å². The van der Waals surface area contributed by atoms with E-state index in [2.05, 4.69) is 5.32 Å². The SMILES string of the molecule is Cl.NC1C2CCCC1CC(C(=O)NC1CCOC1c1ccc(Cl)cc1)C2. The molecule has 1 heterocycles. The summed E-state index contributed by atoms with van der Waals surface area (Å²) in [7, 11) is 0. The van der Waals surface area contributed by atoms with Gasteiger partial charge in [0.2, 0.25) is 5.91 Å². The van der Waals surface area contributed by atoms with Gasteiger partial charge < -0.3 is 15.8 Å². The fourth-order valence-corrected chi connectivity index (χ4v) is 5.15. The minimum absolute atomic E-state index is 0. The molecule has 144 valence electrons. The number of hydrogen-bond acceptors (Lipinski definition) is 3. The van der Waals surface area contributed by atoms with Crippen LogP contribution < -0.4 is 11.1 Å². The Morgan fingerprint density at radius 3 is 2.42 bits per heavy atom. The van der Waals surface area contributed by atoms with Gasteiger partial charge in [-0.2, -0.15) is 0 Å². The minimum Gasteiger partial charge on any atom is -0.371 e. The number of carbonyl (C=O) groups is 1. The van der Waals surface area contributed by atoms with Crippen LogP contribution in [0.2, 0.25) is 5.02 Å². The van der Waals surface area contributed by atoms with Gasteiger partial charge in [0.1, 0.15) is 6.10 Å². The Labute approximate surface area is 166 Å². The monoisotopic (exact) mass is 398 g/mol. The Bertz CT molecular complexity index is 611. The third-order valence-corrected chi connectivity index (χ3v) is 6.65. The molecule has 3 aliphatic rings. The lowest BCUT2D eigenvalue weighted by Gasteiger charge is -2.43. The number of rotatable bonds is 3. The summed E-state index contributed by atoms with van der Waals surface area (Å²) < 4.78 is 5.89. The molecular formula is C20H28Cl2N2O2. The molecule has 2 aliphatic carbocycles. The molecule has 4 rings (SSSR count). The Morgan fingerprint density at radius 2 is 1.77 bits per heavy atom. The van der Waals surface area contributed by atoms with E-state index >= 15 is 0 Å². The van der Waals surface area contributed by atoms with Crippen LogP contribution in [0.3, 0.4) is 0 Å². The molecule has 0 spiro atoms. The second-order valence-corrected chi connectivity index (χ2v) is 8.38. The predicted octanol–water partition coefficient (Wildman–Crippen LogP) is 3.86. The quantitative estimate of drug-likeness (QED) is 0.811. The lowest BCUT2D eigenvalue weighted by atomic mass is 9.65. The van der Waals surface area contributed by atoms with Crippen LogP contribution >= 0.6 is 24.0 Å². The molecule has 1 aliphatic heterocycles. The van der Waals surface area contributed by atoms with E-state index in [1.54, 1.807) is 0 Å². The zero-order valence-corrected chi connectivity index (χ0v) is 16.5. The van der Waals surface area contributed by atoms with Crippen LogP contribution in [0.1, 0.15) is 50.2 Å². The van der Waals surface area contributed by atoms with Gasteiger partial charge in [-0.25, -0.2) is 0 Å². The van der Waals surface area contributed by atoms with Crippen molar-refractivity contribution < 1.29 is 9.53 Å². The highest BCUT2D eigenvalue weighted by atomic mass is 35.5. The summed E-state index contributed by atoms with van der Waals surface area (Å²) in [4.78, 5) is 12.9. The standard InChI is InChI=1S/C20H27ClN2O2.ClH/c21-16-6-4-12(5-7-16)19-17(8-9-25-19)23-20(24)15-10-13-2-1-3-14(11-15)18(13)22;/h4-7,13-15,17-19H,1-3,8-11,22H2,(H,23,24);1H. The van der Waals surface area contributed by atoms with E-state index in [4.69, 9.17) is 22.1 Å². The minimum atomic E-state index is -0.0773. The zero-order valence-electron chi connectivity index (χ0n) is 14.9. The van der Waals surface area contributed by atoms with Crippen LogP contribution in [0.5, 0.6) is 0 Å². The first-order valence-corrected chi connectivity index (χ1v) is 9.92. The predicted molar refractivity (Wildman–Crippen MR) is 105 cm³/mol. The lowest BCUT2D eigenvalue weighted by molar-refractivity contribution is -0.129. The van der Waals surface area contributed by atoms with Crippen LogP contribution in [-0.2, 0) is 9.53 Å². The molecule has 4 nitrogen and oxygen atoms in total. The van der Waals surface area contributed by atoms with Crippen LogP contribution in [-0.4, -0.2) is 24.6 Å². The highest BCUT2D eigenvalue weighted by Gasteiger charge is 2.41. The summed E-state index contributed by atoms with van der Waals surface area (Å²) in [6.07, 6.45) is 6.31. The molecule has 4 unspecified atom stereocenters. The number of amides is 1. The number of halogens is 2. The summed E-state index contributed by atoms with van der Waals surface area (Å²) in [5.74, 6) is 1.35. The second-order valence-electron chi connectivity index (χ2n) is 7.94. The Hall–Kier alpha value is -0.810. The van der Waals surface area contributed by atoms with E-state index in [9.17, 15) is 4.79 Å². The van der Waals surface area contributed by atoms with Crippen molar-refractivity contribution in [2.75, 3.05) is 6.61 Å². The molecule has 3 fully saturated rings. The Morgan fingerprint density at radius 1 is 1.12 bits per heavy atom. The van der Waals surface area contributed by atoms with Crippen molar-refractivity contribution in [3.05, 3.63) is 34.9 Å². The molecule has 2 saturated carbocycles. The largest absolute Gasteiger partial charge is 0.371 e. The van der Waals surface area contributed by atoms with Gasteiger partial charge in [-0.1, -0.05) is 30.2 Å². The number of fused-ring (bicyclic) bond motifs is 2. The fraction of sp³-hybridized carbons (Fsp3) is 0.650. The molecule has 3 N–H and O–H groups in total. The molecule has 1 amide bonds. The molecule has 1 aromatic rings. The summed E-state index contributed by atoms with van der Waals surface area (Å²) >= 11 is 5.98. The van der Waals surface area contributed by atoms with Crippen molar-refractivity contribution >= 4 is 29.9 Å². The second kappa shape index (κ2) is 8.47. The average Bonchev–Trinajstić information content (AvgIpc) is 3.03. The fourth-order valence-electron chi connectivity index (χ4n) is 5.02. The third-order valence-electron chi connectivity index (χ3n) is 6.40. The van der Waals surface area contributed by atoms with E-state index in [0.29, 0.717) is 29.5 Å². The van der Waals surface area contributed by atoms with E-state index in [-0.39, 0.29) is 36.4 Å². The van der Waals surface area contributed by atoms with Crippen molar-refractivity contribution in [3.63, 3.8) is 0 Å². The molecule has 0 radical (unpaired) electrons. The smallest absolute Gasteiger partial charge is 0.223 e. The van der Waals surface area contributed by atoms with Gasteiger partial charge in [0.15, 0.2) is 0 Å². The summed E-state index contributed by atoms with van der Waals surface area (Å²) in [6.45, 7) is 0.680. The maximum absolute atomic E-state index is 12.9. The number of benzene rings is 1. The lowest BCUT2D eigenvalue weighted by Crippen LogP contribution is -2.50. The average molecular weight is 399 g/mol. The van der Waals surface area contributed by atoms with Gasteiger partial charge in [0, 0.05) is 23.6 Å². The maximum atomic E-state index is 12.9. The van der Waals surface area contributed by atoms with Gasteiger partial charge in [-0.15, -0.1) is 12.4 Å². The molecular weight excluding hydrogens is 371 g/mol. The van der Waals surface area contributed by atoms with Crippen LogP contribution in [0.15, 0.2) is 24.3 Å². The van der Waals surface area contributed by atoms with Crippen LogP contribution in [0.4, 0.5) is 0 Å². The van der Waals surface area contributed by atoms with Crippen molar-refractivity contribution in [2.45, 2.75) is 56.7 Å². The summed E-state index contributed by atoms with van der Waals surface area (Å²) in [5.41, 5.74) is 7.44. The highest BCUT2D eigenvalue weighted by Crippen LogP contribution is 2.42. The first kappa shape index (κ1) is 19.9. The number of hydrogen-bond donors (Lipinski definition) is 2. The van der Waals surface area contributed by atoms with E-state index in [1.807, 2.05) is 24.3 Å². The van der Waals surface area contributed by atoms with Gasteiger partial charge >= 0.3 is 0 Å². The number of nitrogens with two attached hydrogens (primary N) is 1. The molecule has 2 bridgehead atoms. The molecule has 26 heavy (non-hydrogen) atoms. The molecule has 1 saturated heterocycles. The number of carbonyl (C=O) groups excluding carboxylic acids is 1. The van der Waals surface area contributed by atoms with Gasteiger partial charge in [0.05, 0.1) is 6.04 Å². The van der Waals surface area contributed by atoms with Crippen molar-refractivity contribution in [2.24, 2.45) is 23.5 Å².